The summed E-state index contributed by atoms with van der Waals surface area (Å²) < 4.78 is 30.1. The van der Waals surface area contributed by atoms with E-state index in [1.807, 2.05) is 13.8 Å². The first-order valence-corrected chi connectivity index (χ1v) is 9.68. The van der Waals surface area contributed by atoms with Crippen LogP contribution in [0.15, 0.2) is 0 Å². The van der Waals surface area contributed by atoms with E-state index >= 15 is 0 Å². The highest BCUT2D eigenvalue weighted by molar-refractivity contribution is 5.69. The molecule has 0 aliphatic carbocycles. The van der Waals surface area contributed by atoms with Crippen molar-refractivity contribution >= 4 is 11.9 Å². The number of carbonyl (C=O) groups excluding carboxylic acids is 2. The van der Waals surface area contributed by atoms with Crippen molar-refractivity contribution < 1.29 is 38.0 Å². The lowest BCUT2D eigenvalue weighted by molar-refractivity contribution is -0.145. The van der Waals surface area contributed by atoms with Crippen molar-refractivity contribution in [2.24, 2.45) is 0 Å². The fourth-order valence-electron chi connectivity index (χ4n) is 1.57. The molecule has 0 saturated carbocycles. The maximum absolute atomic E-state index is 10.9. The Hall–Kier alpha value is -1.22. The van der Waals surface area contributed by atoms with Crippen LogP contribution >= 0.6 is 0 Å². The molecule has 0 rings (SSSR count). The van der Waals surface area contributed by atoms with Gasteiger partial charge in [-0.25, -0.2) is 0 Å². The van der Waals surface area contributed by atoms with Gasteiger partial charge < -0.3 is 28.4 Å². The lowest BCUT2D eigenvalue weighted by atomic mass is 10.3. The van der Waals surface area contributed by atoms with Gasteiger partial charge in [-0.1, -0.05) is 13.8 Å². The Morgan fingerprint density at radius 1 is 0.593 bits per heavy atom. The van der Waals surface area contributed by atoms with Gasteiger partial charge in [-0.05, 0) is 19.8 Å². The molecule has 0 aliphatic rings. The molecule has 0 aromatic heterocycles. The van der Waals surface area contributed by atoms with Crippen LogP contribution in [0.5, 0.6) is 0 Å². The van der Waals surface area contributed by atoms with E-state index in [0.717, 1.165) is 19.4 Å². The van der Waals surface area contributed by atoms with E-state index in [0.29, 0.717) is 65.9 Å². The molecule has 0 aromatic rings. The second kappa shape index (κ2) is 24.8. The predicted octanol–water partition coefficient (Wildman–Crippen LogP) is 2.38. The average Bonchev–Trinajstić information content (AvgIpc) is 2.64. The van der Waals surface area contributed by atoms with Gasteiger partial charge in [0.25, 0.3) is 0 Å². The number of ether oxygens (including phenoxy) is 6. The van der Waals surface area contributed by atoms with Crippen molar-refractivity contribution in [3.05, 3.63) is 0 Å². The predicted molar refractivity (Wildman–Crippen MR) is 102 cm³/mol. The average molecular weight is 395 g/mol. The first-order valence-electron chi connectivity index (χ1n) is 9.68. The van der Waals surface area contributed by atoms with Crippen molar-refractivity contribution in [2.75, 3.05) is 66.1 Å². The molecule has 0 spiro atoms. The normalized spacial score (nSPS) is 10.1. The molecule has 0 N–H and O–H groups in total. The second-order valence-electron chi connectivity index (χ2n) is 5.34. The third-order valence-electron chi connectivity index (χ3n) is 2.77. The topological polar surface area (TPSA) is 89.5 Å². The zero-order chi connectivity index (χ0) is 20.6. The van der Waals surface area contributed by atoms with Crippen LogP contribution in [-0.2, 0) is 38.0 Å². The summed E-state index contributed by atoms with van der Waals surface area (Å²) in [7, 11) is 0. The number of carbonyl (C=O) groups is 2. The zero-order valence-corrected chi connectivity index (χ0v) is 17.5. The van der Waals surface area contributed by atoms with Gasteiger partial charge in [0.1, 0.15) is 13.2 Å². The van der Waals surface area contributed by atoms with Crippen LogP contribution in [0.1, 0.15) is 47.0 Å². The minimum absolute atomic E-state index is 0.152. The third kappa shape index (κ3) is 29.8. The van der Waals surface area contributed by atoms with Crippen molar-refractivity contribution in [3.8, 4) is 0 Å². The minimum atomic E-state index is -0.272. The Bertz CT molecular complexity index is 323. The van der Waals surface area contributed by atoms with Gasteiger partial charge in [-0.2, -0.15) is 0 Å². The van der Waals surface area contributed by atoms with Gasteiger partial charge in [0.15, 0.2) is 0 Å². The SMILES string of the molecule is CCCC(=O)OCCOCCOCC.CCCOCCOCCOC(C)=O. The van der Waals surface area contributed by atoms with Gasteiger partial charge in [0.2, 0.25) is 0 Å². The summed E-state index contributed by atoms with van der Waals surface area (Å²) in [5.41, 5.74) is 0. The van der Waals surface area contributed by atoms with Crippen LogP contribution in [0.25, 0.3) is 0 Å². The van der Waals surface area contributed by atoms with E-state index in [2.05, 4.69) is 11.7 Å². The van der Waals surface area contributed by atoms with Crippen LogP contribution in [0.2, 0.25) is 0 Å². The van der Waals surface area contributed by atoms with Crippen LogP contribution in [0, 0.1) is 0 Å². The maximum atomic E-state index is 10.9. The molecule has 0 unspecified atom stereocenters. The lowest BCUT2D eigenvalue weighted by Gasteiger charge is -2.05. The molecule has 8 nitrogen and oxygen atoms in total. The van der Waals surface area contributed by atoms with Crippen molar-refractivity contribution in [1.29, 1.82) is 0 Å². The molecule has 0 fully saturated rings. The van der Waals surface area contributed by atoms with Gasteiger partial charge in [-0.15, -0.1) is 0 Å². The summed E-state index contributed by atoms with van der Waals surface area (Å²) >= 11 is 0. The largest absolute Gasteiger partial charge is 0.463 e. The first kappa shape index (κ1) is 28.0. The summed E-state index contributed by atoms with van der Waals surface area (Å²) in [6.45, 7) is 12.7. The molecule has 0 bridgehead atoms. The monoisotopic (exact) mass is 394 g/mol. The molecule has 0 amide bonds. The van der Waals surface area contributed by atoms with E-state index in [1.54, 1.807) is 0 Å². The van der Waals surface area contributed by atoms with E-state index in [-0.39, 0.29) is 11.9 Å². The molecule has 0 aromatic carbocycles. The smallest absolute Gasteiger partial charge is 0.305 e. The Balaban J connectivity index is 0. The van der Waals surface area contributed by atoms with Crippen molar-refractivity contribution in [2.45, 2.75) is 47.0 Å². The third-order valence-corrected chi connectivity index (χ3v) is 2.77. The van der Waals surface area contributed by atoms with Gasteiger partial charge >= 0.3 is 11.9 Å². The summed E-state index contributed by atoms with van der Waals surface area (Å²) in [6, 6.07) is 0. The van der Waals surface area contributed by atoms with E-state index in [4.69, 9.17) is 23.7 Å². The number of esters is 2. The fourth-order valence-corrected chi connectivity index (χ4v) is 1.57. The lowest BCUT2D eigenvalue weighted by Crippen LogP contribution is -2.12. The highest BCUT2D eigenvalue weighted by Gasteiger charge is 1.99. The molecule has 162 valence electrons. The highest BCUT2D eigenvalue weighted by atomic mass is 16.6. The molecule has 0 aliphatic heterocycles. The van der Waals surface area contributed by atoms with E-state index in [9.17, 15) is 9.59 Å². The molecular formula is C19H38O8. The standard InChI is InChI=1S/C10H20O4.C9H18O4/c1-3-5-10(11)14-9-8-13-7-6-12-4-2;1-3-4-11-5-6-12-7-8-13-9(2)10/h3-9H2,1-2H3;3-8H2,1-2H3. The van der Waals surface area contributed by atoms with Crippen LogP contribution < -0.4 is 0 Å². The summed E-state index contributed by atoms with van der Waals surface area (Å²) in [4.78, 5) is 21.2. The molecule has 0 radical (unpaired) electrons. The molecule has 0 atom stereocenters. The molecular weight excluding hydrogens is 356 g/mol. The highest BCUT2D eigenvalue weighted by Crippen LogP contribution is 1.91. The quantitative estimate of drug-likeness (QED) is 0.274. The Morgan fingerprint density at radius 2 is 1.07 bits per heavy atom. The summed E-state index contributed by atoms with van der Waals surface area (Å²) in [5.74, 6) is -0.424. The summed E-state index contributed by atoms with van der Waals surface area (Å²) in [5, 5.41) is 0. The minimum Gasteiger partial charge on any atom is -0.463 e. The number of rotatable bonds is 17. The Morgan fingerprint density at radius 3 is 1.56 bits per heavy atom. The zero-order valence-electron chi connectivity index (χ0n) is 17.5. The Labute approximate surface area is 163 Å². The van der Waals surface area contributed by atoms with E-state index < -0.39 is 0 Å². The fraction of sp³-hybridized carbons (Fsp3) is 0.895. The van der Waals surface area contributed by atoms with Crippen LogP contribution in [0.4, 0.5) is 0 Å². The van der Waals surface area contributed by atoms with Crippen molar-refractivity contribution in [1.82, 2.24) is 0 Å². The van der Waals surface area contributed by atoms with E-state index in [1.165, 1.54) is 6.92 Å². The first-order chi connectivity index (χ1) is 13.1. The summed E-state index contributed by atoms with van der Waals surface area (Å²) in [6.07, 6.45) is 2.33. The molecule has 27 heavy (non-hydrogen) atoms. The Kier molecular flexibility index (Phi) is 25.7. The molecule has 0 saturated heterocycles. The van der Waals surface area contributed by atoms with Gasteiger partial charge in [-0.3, -0.25) is 9.59 Å². The second-order valence-corrected chi connectivity index (χ2v) is 5.34. The molecule has 8 heteroatoms. The number of hydrogen-bond donors (Lipinski definition) is 0. The van der Waals surface area contributed by atoms with Gasteiger partial charge in [0, 0.05) is 26.6 Å². The van der Waals surface area contributed by atoms with Gasteiger partial charge in [0.05, 0.1) is 39.6 Å². The molecule has 0 heterocycles. The van der Waals surface area contributed by atoms with Crippen LogP contribution in [-0.4, -0.2) is 78.0 Å². The van der Waals surface area contributed by atoms with Crippen molar-refractivity contribution in [3.63, 3.8) is 0 Å². The maximum Gasteiger partial charge on any atom is 0.305 e. The van der Waals surface area contributed by atoms with Crippen LogP contribution in [0.3, 0.4) is 0 Å². The number of hydrogen-bond acceptors (Lipinski definition) is 8.